The maximum atomic E-state index is 14.0. The summed E-state index contributed by atoms with van der Waals surface area (Å²) in [4.78, 5) is 54.9. The topological polar surface area (TPSA) is 130 Å². The molecule has 9 aromatic rings. The fourth-order valence-electron chi connectivity index (χ4n) is 8.89. The van der Waals surface area contributed by atoms with Gasteiger partial charge in [-0.2, -0.15) is 0 Å². The molecule has 1 N–H and O–H groups in total. The van der Waals surface area contributed by atoms with Gasteiger partial charge in [-0.05, 0) is 67.1 Å². The van der Waals surface area contributed by atoms with E-state index in [2.05, 4.69) is 38.2 Å². The molecule has 10 nitrogen and oxygen atoms in total. The van der Waals surface area contributed by atoms with Crippen LogP contribution < -0.4 is 10.1 Å². The number of esters is 2. The summed E-state index contributed by atoms with van der Waals surface area (Å²) in [7, 11) is 2.74. The van der Waals surface area contributed by atoms with Crippen molar-refractivity contribution in [3.8, 4) is 39.5 Å². The highest BCUT2D eigenvalue weighted by Gasteiger charge is 2.28. The van der Waals surface area contributed by atoms with Crippen LogP contribution >= 0.6 is 0 Å². The number of hydrogen-bond donors (Lipinski definition) is 1. The number of unbranched alkanes of at least 4 members (excludes halogenated alkanes) is 4. The van der Waals surface area contributed by atoms with Gasteiger partial charge in [-0.25, -0.2) is 24.5 Å². The number of pyridine rings is 3. The van der Waals surface area contributed by atoms with Crippen LogP contribution in [-0.2, 0) is 14.3 Å². The first kappa shape index (κ1) is 50.2. The number of methoxy groups -OCH3 is 2. The Morgan fingerprint density at radius 2 is 1.08 bits per heavy atom. The molecule has 0 bridgehead atoms. The molecular weight excluding hydrogens is 897 g/mol. The Kier molecular flexibility index (Phi) is 16.8. The number of nitrogens with zero attached hydrogens (tertiary/aromatic N) is 3. The number of para-hydroxylation sites is 3. The van der Waals surface area contributed by atoms with Gasteiger partial charge in [0, 0.05) is 32.8 Å². The summed E-state index contributed by atoms with van der Waals surface area (Å²) < 4.78 is 16.7. The summed E-state index contributed by atoms with van der Waals surface area (Å²) in [5, 5.41) is 5.46. The zero-order chi connectivity index (χ0) is 50.4. The molecular formula is C62H60N4O6. The maximum absolute atomic E-state index is 14.0. The Balaban J connectivity index is 0.000000203. The predicted molar refractivity (Wildman–Crippen MR) is 289 cm³/mol. The van der Waals surface area contributed by atoms with E-state index in [0.717, 1.165) is 65.0 Å². The van der Waals surface area contributed by atoms with Crippen molar-refractivity contribution in [2.75, 3.05) is 19.5 Å². The normalized spacial score (nSPS) is 11.8. The standard InChI is InChI=1S/C36H42N2O4.C26H18N2O2/c1-5-7-8-9-13-20-31(42-28-23-21-26(22-24-28)25(3)6-2)35(39)38-34-32(36(40)41-4)29-18-14-15-19-30(29)37-33(34)27-16-11-10-12-17-27;1-30-26(29)23-19-12-6-8-14-21(19)28-25(18-10-3-2-4-11-18)24(23)22-16-15-17-9-5-7-13-20(17)27-22/h10-12,14-19,21-25,31H,5-9,13,20H2,1-4H3,(H,38,39);2-16H,1H3. The number of rotatable bonds is 17. The van der Waals surface area contributed by atoms with Crippen LogP contribution in [0.25, 0.3) is 66.5 Å². The summed E-state index contributed by atoms with van der Waals surface area (Å²) in [6.45, 7) is 6.55. The van der Waals surface area contributed by atoms with E-state index in [4.69, 9.17) is 29.2 Å². The fraction of sp³-hybridized carbons (Fsp3) is 0.226. The monoisotopic (exact) mass is 956 g/mol. The van der Waals surface area contributed by atoms with Crippen molar-refractivity contribution in [3.63, 3.8) is 0 Å². The quantitative estimate of drug-likeness (QED) is 0.0700. The van der Waals surface area contributed by atoms with Gasteiger partial charge in [0.2, 0.25) is 0 Å². The lowest BCUT2D eigenvalue weighted by Gasteiger charge is -2.22. The average Bonchev–Trinajstić information content (AvgIpc) is 3.44. The van der Waals surface area contributed by atoms with Gasteiger partial charge in [-0.15, -0.1) is 0 Å². The van der Waals surface area contributed by atoms with Gasteiger partial charge in [-0.1, -0.05) is 180 Å². The third kappa shape index (κ3) is 11.5. The third-order valence-electron chi connectivity index (χ3n) is 13.0. The van der Waals surface area contributed by atoms with E-state index in [1.165, 1.54) is 26.2 Å². The molecule has 1 amide bonds. The first-order chi connectivity index (χ1) is 35.2. The molecule has 0 fully saturated rings. The van der Waals surface area contributed by atoms with Crippen molar-refractivity contribution in [2.24, 2.45) is 0 Å². The lowest BCUT2D eigenvalue weighted by molar-refractivity contribution is -0.123. The number of aromatic nitrogens is 3. The summed E-state index contributed by atoms with van der Waals surface area (Å²) in [6.07, 6.45) is 6.17. The summed E-state index contributed by atoms with van der Waals surface area (Å²) in [5.41, 5.74) is 8.81. The number of anilines is 1. The molecule has 0 radical (unpaired) electrons. The molecule has 0 aliphatic rings. The Labute approximate surface area is 421 Å². The van der Waals surface area contributed by atoms with Crippen LogP contribution in [0.3, 0.4) is 0 Å². The molecule has 0 spiro atoms. The number of carbonyl (C=O) groups excluding carboxylic acids is 3. The lowest BCUT2D eigenvalue weighted by atomic mass is 9.94. The minimum absolute atomic E-state index is 0.273. The van der Waals surface area contributed by atoms with Crippen molar-refractivity contribution < 1.29 is 28.6 Å². The van der Waals surface area contributed by atoms with Gasteiger partial charge in [-0.3, -0.25) is 4.79 Å². The van der Waals surface area contributed by atoms with Crippen LogP contribution in [0.1, 0.15) is 97.9 Å². The molecule has 0 aliphatic carbocycles. The predicted octanol–water partition coefficient (Wildman–Crippen LogP) is 14.9. The smallest absolute Gasteiger partial charge is 0.340 e. The van der Waals surface area contributed by atoms with Gasteiger partial charge in [0.15, 0.2) is 6.10 Å². The molecule has 0 saturated carbocycles. The molecule has 3 heterocycles. The molecule has 3 aromatic heterocycles. The van der Waals surface area contributed by atoms with E-state index in [1.807, 2.05) is 158 Å². The number of hydrogen-bond acceptors (Lipinski definition) is 9. The highest BCUT2D eigenvalue weighted by atomic mass is 16.5. The van der Waals surface area contributed by atoms with E-state index in [9.17, 15) is 14.4 Å². The van der Waals surface area contributed by atoms with E-state index in [-0.39, 0.29) is 11.5 Å². The number of carbonyl (C=O) groups is 3. The van der Waals surface area contributed by atoms with E-state index in [1.54, 1.807) is 0 Å². The van der Waals surface area contributed by atoms with Crippen LogP contribution in [0.4, 0.5) is 5.69 Å². The second-order valence-electron chi connectivity index (χ2n) is 17.7. The molecule has 10 heteroatoms. The highest BCUT2D eigenvalue weighted by molar-refractivity contribution is 6.15. The highest BCUT2D eigenvalue weighted by Crippen LogP contribution is 2.39. The van der Waals surface area contributed by atoms with Crippen LogP contribution in [0.5, 0.6) is 5.75 Å². The first-order valence-corrected chi connectivity index (χ1v) is 24.8. The van der Waals surface area contributed by atoms with Crippen molar-refractivity contribution in [1.82, 2.24) is 15.0 Å². The summed E-state index contributed by atoms with van der Waals surface area (Å²) in [6, 6.07) is 54.3. The Bertz CT molecular complexity index is 3310. The fourth-order valence-corrected chi connectivity index (χ4v) is 8.89. The van der Waals surface area contributed by atoms with Crippen LogP contribution in [-0.4, -0.2) is 53.1 Å². The SMILES string of the molecule is CCCCCCCC(Oc1ccc(C(C)CC)cc1)C(=O)Nc1c(-c2ccccc2)nc2ccccc2c1C(=O)OC.COC(=O)c1c(-c2ccc3ccccc3n2)c(-c2ccccc2)nc2ccccc12. The maximum Gasteiger partial charge on any atom is 0.340 e. The van der Waals surface area contributed by atoms with Gasteiger partial charge < -0.3 is 19.5 Å². The first-order valence-electron chi connectivity index (χ1n) is 24.8. The van der Waals surface area contributed by atoms with Gasteiger partial charge in [0.25, 0.3) is 5.91 Å². The molecule has 0 saturated heterocycles. The van der Waals surface area contributed by atoms with Crippen molar-refractivity contribution >= 4 is 56.2 Å². The Morgan fingerprint density at radius 3 is 1.71 bits per heavy atom. The second kappa shape index (κ2) is 24.1. The summed E-state index contributed by atoms with van der Waals surface area (Å²) in [5.74, 6) is -0.181. The number of benzene rings is 6. The van der Waals surface area contributed by atoms with E-state index < -0.39 is 18.0 Å². The van der Waals surface area contributed by atoms with Crippen molar-refractivity contribution in [2.45, 2.75) is 77.7 Å². The molecule has 2 atom stereocenters. The van der Waals surface area contributed by atoms with Crippen molar-refractivity contribution in [3.05, 3.63) is 187 Å². The summed E-state index contributed by atoms with van der Waals surface area (Å²) >= 11 is 0. The van der Waals surface area contributed by atoms with Crippen LogP contribution in [0.2, 0.25) is 0 Å². The molecule has 364 valence electrons. The Hall–Kier alpha value is -8.24. The van der Waals surface area contributed by atoms with Crippen LogP contribution in [0.15, 0.2) is 170 Å². The Morgan fingerprint density at radius 1 is 0.542 bits per heavy atom. The third-order valence-corrected chi connectivity index (χ3v) is 13.0. The van der Waals surface area contributed by atoms with E-state index in [0.29, 0.717) is 62.9 Å². The molecule has 0 aliphatic heterocycles. The largest absolute Gasteiger partial charge is 0.481 e. The number of amides is 1. The van der Waals surface area contributed by atoms with Crippen LogP contribution in [0, 0.1) is 0 Å². The molecule has 2 unspecified atom stereocenters. The molecule has 72 heavy (non-hydrogen) atoms. The molecule has 9 rings (SSSR count). The zero-order valence-corrected chi connectivity index (χ0v) is 41.6. The average molecular weight is 957 g/mol. The van der Waals surface area contributed by atoms with Gasteiger partial charge in [0.1, 0.15) is 5.75 Å². The van der Waals surface area contributed by atoms with Gasteiger partial charge >= 0.3 is 11.9 Å². The second-order valence-corrected chi connectivity index (χ2v) is 17.7. The van der Waals surface area contributed by atoms with E-state index >= 15 is 0 Å². The number of nitrogens with one attached hydrogen (secondary N) is 1. The van der Waals surface area contributed by atoms with Crippen molar-refractivity contribution in [1.29, 1.82) is 0 Å². The molecule has 6 aromatic carbocycles. The lowest BCUT2D eigenvalue weighted by Crippen LogP contribution is -2.34. The van der Waals surface area contributed by atoms with Gasteiger partial charge in [0.05, 0.1) is 64.7 Å². The minimum atomic E-state index is -0.748. The number of ether oxygens (including phenoxy) is 3. The minimum Gasteiger partial charge on any atom is -0.481 e. The zero-order valence-electron chi connectivity index (χ0n) is 41.6. The number of fused-ring (bicyclic) bond motifs is 3.